The number of halogens is 2. The van der Waals surface area contributed by atoms with E-state index in [1.165, 1.54) is 12.8 Å². The van der Waals surface area contributed by atoms with Crippen LogP contribution in [0.4, 0.5) is 0 Å². The Morgan fingerprint density at radius 1 is 1.38 bits per heavy atom. The van der Waals surface area contributed by atoms with Crippen molar-refractivity contribution in [3.8, 4) is 0 Å². The van der Waals surface area contributed by atoms with Crippen LogP contribution in [0.15, 0.2) is 22.7 Å². The van der Waals surface area contributed by atoms with Crippen LogP contribution in [0.25, 0.3) is 0 Å². The molecular weight excluding hydrogens is 286 g/mol. The number of nitrogens with one attached hydrogen (secondary N) is 1. The van der Waals surface area contributed by atoms with E-state index >= 15 is 0 Å². The van der Waals surface area contributed by atoms with Crippen molar-refractivity contribution >= 4 is 27.5 Å². The summed E-state index contributed by atoms with van der Waals surface area (Å²) in [5.41, 5.74) is 1.15. The van der Waals surface area contributed by atoms with Gasteiger partial charge in [-0.1, -0.05) is 41.4 Å². The van der Waals surface area contributed by atoms with Crippen LogP contribution in [0.2, 0.25) is 5.02 Å². The average molecular weight is 305 g/mol. The zero-order valence-electron chi connectivity index (χ0n) is 9.89. The lowest BCUT2D eigenvalue weighted by Gasteiger charge is -2.08. The second-order valence-electron chi connectivity index (χ2n) is 4.45. The number of hydrogen-bond acceptors (Lipinski definition) is 1. The fraction of sp³-hybridized carbons (Fsp3) is 0.538. The second kappa shape index (κ2) is 7.31. The largest absolute Gasteiger partial charge is 0.313 e. The summed E-state index contributed by atoms with van der Waals surface area (Å²) in [4.78, 5) is 0. The Kier molecular flexibility index (Phi) is 6.40. The molecule has 16 heavy (non-hydrogen) atoms. The predicted octanol–water partition coefficient (Wildman–Crippen LogP) is 4.63. The maximum Gasteiger partial charge on any atom is 0.0451 e. The molecule has 0 saturated carbocycles. The quantitative estimate of drug-likeness (QED) is 0.756. The Morgan fingerprint density at radius 3 is 2.81 bits per heavy atom. The Bertz CT molecular complexity index is 326. The summed E-state index contributed by atoms with van der Waals surface area (Å²) in [6, 6.07) is 5.96. The van der Waals surface area contributed by atoms with Gasteiger partial charge in [-0.05, 0) is 49.1 Å². The van der Waals surface area contributed by atoms with Gasteiger partial charge in [-0.2, -0.15) is 0 Å². The molecular formula is C13H19BrClN. The first-order valence-electron chi connectivity index (χ1n) is 5.74. The van der Waals surface area contributed by atoms with Crippen LogP contribution >= 0.6 is 27.5 Å². The molecule has 0 fully saturated rings. The van der Waals surface area contributed by atoms with E-state index < -0.39 is 0 Å². The number of hydrogen-bond donors (Lipinski definition) is 1. The third-order valence-corrected chi connectivity index (χ3v) is 3.32. The molecule has 0 heterocycles. The van der Waals surface area contributed by atoms with E-state index in [4.69, 9.17) is 11.6 Å². The van der Waals surface area contributed by atoms with Gasteiger partial charge in [0.2, 0.25) is 0 Å². The third kappa shape index (κ3) is 5.33. The van der Waals surface area contributed by atoms with Gasteiger partial charge in [-0.3, -0.25) is 0 Å². The molecule has 0 amide bonds. The van der Waals surface area contributed by atoms with Crippen LogP contribution in [0.3, 0.4) is 0 Å². The molecule has 0 bridgehead atoms. The Labute approximate surface area is 112 Å². The molecule has 0 aliphatic carbocycles. The SMILES string of the molecule is CC(C)CCCNCc1cc(Br)ccc1Cl. The summed E-state index contributed by atoms with van der Waals surface area (Å²) in [5.74, 6) is 0.788. The molecule has 1 nitrogen and oxygen atoms in total. The minimum atomic E-state index is 0.788. The van der Waals surface area contributed by atoms with Gasteiger partial charge >= 0.3 is 0 Å². The van der Waals surface area contributed by atoms with Crippen LogP contribution in [-0.2, 0) is 6.54 Å². The van der Waals surface area contributed by atoms with E-state index in [1.807, 2.05) is 12.1 Å². The van der Waals surface area contributed by atoms with Crippen molar-refractivity contribution in [3.63, 3.8) is 0 Å². The highest BCUT2D eigenvalue weighted by atomic mass is 79.9. The van der Waals surface area contributed by atoms with E-state index in [1.54, 1.807) is 0 Å². The normalized spacial score (nSPS) is 11.1. The van der Waals surface area contributed by atoms with Crippen LogP contribution in [0.5, 0.6) is 0 Å². The lowest BCUT2D eigenvalue weighted by molar-refractivity contribution is 0.527. The smallest absolute Gasteiger partial charge is 0.0451 e. The second-order valence-corrected chi connectivity index (χ2v) is 5.77. The Hall–Kier alpha value is -0.0500. The highest BCUT2D eigenvalue weighted by Crippen LogP contribution is 2.20. The highest BCUT2D eigenvalue weighted by Gasteiger charge is 2.00. The van der Waals surface area contributed by atoms with Gasteiger partial charge in [0.1, 0.15) is 0 Å². The van der Waals surface area contributed by atoms with Crippen molar-refractivity contribution in [1.29, 1.82) is 0 Å². The third-order valence-electron chi connectivity index (χ3n) is 2.46. The molecule has 0 spiro atoms. The first-order chi connectivity index (χ1) is 7.59. The summed E-state index contributed by atoms with van der Waals surface area (Å²) in [6.07, 6.45) is 2.50. The topological polar surface area (TPSA) is 12.0 Å². The summed E-state index contributed by atoms with van der Waals surface area (Å²) in [6.45, 7) is 6.41. The monoisotopic (exact) mass is 303 g/mol. The summed E-state index contributed by atoms with van der Waals surface area (Å²) >= 11 is 9.55. The average Bonchev–Trinajstić information content (AvgIpc) is 2.22. The van der Waals surface area contributed by atoms with E-state index in [0.29, 0.717) is 0 Å². The molecule has 90 valence electrons. The van der Waals surface area contributed by atoms with Gasteiger partial charge in [0, 0.05) is 16.0 Å². The molecule has 1 N–H and O–H groups in total. The first kappa shape index (κ1) is 14.0. The summed E-state index contributed by atoms with van der Waals surface area (Å²) < 4.78 is 1.08. The molecule has 1 aromatic carbocycles. The van der Waals surface area contributed by atoms with Crippen molar-refractivity contribution in [3.05, 3.63) is 33.3 Å². The van der Waals surface area contributed by atoms with Crippen molar-refractivity contribution in [1.82, 2.24) is 5.32 Å². The van der Waals surface area contributed by atoms with Crippen LogP contribution in [0.1, 0.15) is 32.3 Å². The van der Waals surface area contributed by atoms with E-state index in [9.17, 15) is 0 Å². The molecule has 3 heteroatoms. The summed E-state index contributed by atoms with van der Waals surface area (Å²) in [7, 11) is 0. The molecule has 0 atom stereocenters. The zero-order valence-corrected chi connectivity index (χ0v) is 12.2. The van der Waals surface area contributed by atoms with Crippen molar-refractivity contribution < 1.29 is 0 Å². The lowest BCUT2D eigenvalue weighted by atomic mass is 10.1. The molecule has 0 saturated heterocycles. The van der Waals surface area contributed by atoms with Gasteiger partial charge in [0.25, 0.3) is 0 Å². The van der Waals surface area contributed by atoms with Crippen LogP contribution in [-0.4, -0.2) is 6.54 Å². The highest BCUT2D eigenvalue weighted by molar-refractivity contribution is 9.10. The zero-order chi connectivity index (χ0) is 12.0. The van der Waals surface area contributed by atoms with Gasteiger partial charge in [-0.25, -0.2) is 0 Å². The lowest BCUT2D eigenvalue weighted by Crippen LogP contribution is -2.15. The minimum Gasteiger partial charge on any atom is -0.313 e. The van der Waals surface area contributed by atoms with Crippen LogP contribution in [0, 0.1) is 5.92 Å². The van der Waals surface area contributed by atoms with E-state index in [2.05, 4.69) is 41.2 Å². The molecule has 1 aromatic rings. The molecule has 0 aliphatic heterocycles. The standard InChI is InChI=1S/C13H19BrClN/c1-10(2)4-3-7-16-9-11-8-12(14)5-6-13(11)15/h5-6,8,10,16H,3-4,7,9H2,1-2H3. The molecule has 0 unspecified atom stereocenters. The van der Waals surface area contributed by atoms with Gasteiger partial charge in [-0.15, -0.1) is 0 Å². The summed E-state index contributed by atoms with van der Waals surface area (Å²) in [5, 5.41) is 4.25. The van der Waals surface area contributed by atoms with Crippen molar-refractivity contribution in [2.75, 3.05) is 6.54 Å². The van der Waals surface area contributed by atoms with Crippen molar-refractivity contribution in [2.45, 2.75) is 33.2 Å². The van der Waals surface area contributed by atoms with Crippen molar-refractivity contribution in [2.24, 2.45) is 5.92 Å². The maximum absolute atomic E-state index is 6.10. The van der Waals surface area contributed by atoms with Crippen LogP contribution < -0.4 is 5.32 Å². The van der Waals surface area contributed by atoms with Gasteiger partial charge in [0.15, 0.2) is 0 Å². The van der Waals surface area contributed by atoms with Gasteiger partial charge in [0.05, 0.1) is 0 Å². The Morgan fingerprint density at radius 2 is 2.12 bits per heavy atom. The molecule has 0 aromatic heterocycles. The molecule has 0 aliphatic rings. The van der Waals surface area contributed by atoms with E-state index in [-0.39, 0.29) is 0 Å². The van der Waals surface area contributed by atoms with Gasteiger partial charge < -0.3 is 5.32 Å². The Balaban J connectivity index is 2.29. The maximum atomic E-state index is 6.10. The molecule has 0 radical (unpaired) electrons. The number of rotatable bonds is 6. The minimum absolute atomic E-state index is 0.788. The fourth-order valence-corrected chi connectivity index (χ4v) is 2.13. The van der Waals surface area contributed by atoms with E-state index in [0.717, 1.165) is 34.1 Å². The molecule has 1 rings (SSSR count). The first-order valence-corrected chi connectivity index (χ1v) is 6.91. The fourth-order valence-electron chi connectivity index (χ4n) is 1.54. The number of benzene rings is 1. The predicted molar refractivity (Wildman–Crippen MR) is 74.9 cm³/mol.